The molecule has 0 aliphatic rings. The van der Waals surface area contributed by atoms with Gasteiger partial charge in [0, 0.05) is 17.7 Å². The number of rotatable bonds is 5. The van der Waals surface area contributed by atoms with Crippen molar-refractivity contribution in [3.8, 4) is 23.0 Å². The molecule has 0 heterocycles. The standard InChI is InChI=1S/C25H17F2NS/c1-2-3-4-18-5-10-20(11-6-18)21-12-7-19(8-13-21)9-14-23-24(26)15-22(28-17-29)16-25(23)27/h2,5-8,10-13,15-16H,1,3-4H2. The highest BCUT2D eigenvalue weighted by Crippen LogP contribution is 2.22. The Hall–Kier alpha value is -3.38. The molecule has 0 fully saturated rings. The van der Waals surface area contributed by atoms with Gasteiger partial charge in [0.1, 0.15) is 11.6 Å². The van der Waals surface area contributed by atoms with Gasteiger partial charge in [-0.2, -0.15) is 4.99 Å². The normalized spacial score (nSPS) is 9.86. The van der Waals surface area contributed by atoms with E-state index in [4.69, 9.17) is 0 Å². The number of aliphatic imine (C=N–C) groups is 1. The fraction of sp³-hybridized carbons (Fsp3) is 0.0800. The molecule has 0 spiro atoms. The number of hydrogen-bond acceptors (Lipinski definition) is 2. The molecule has 4 heteroatoms. The minimum atomic E-state index is -0.783. The van der Waals surface area contributed by atoms with Crippen molar-refractivity contribution in [1.82, 2.24) is 0 Å². The third-order valence-electron chi connectivity index (χ3n) is 4.34. The molecule has 3 aromatic carbocycles. The number of halogens is 2. The molecule has 0 aliphatic heterocycles. The van der Waals surface area contributed by atoms with Crippen LogP contribution in [0.1, 0.15) is 23.1 Å². The molecule has 29 heavy (non-hydrogen) atoms. The van der Waals surface area contributed by atoms with E-state index in [1.54, 1.807) is 0 Å². The summed E-state index contributed by atoms with van der Waals surface area (Å²) in [6.07, 6.45) is 3.84. The second-order valence-electron chi connectivity index (χ2n) is 6.34. The van der Waals surface area contributed by atoms with Crippen LogP contribution in [0.4, 0.5) is 14.5 Å². The van der Waals surface area contributed by atoms with E-state index in [0.717, 1.165) is 36.1 Å². The fourth-order valence-electron chi connectivity index (χ4n) is 2.81. The van der Waals surface area contributed by atoms with Crippen molar-refractivity contribution in [3.63, 3.8) is 0 Å². The lowest BCUT2D eigenvalue weighted by Crippen LogP contribution is -1.90. The van der Waals surface area contributed by atoms with Gasteiger partial charge in [-0.25, -0.2) is 8.78 Å². The molecule has 0 unspecified atom stereocenters. The van der Waals surface area contributed by atoms with Crippen LogP contribution in [-0.2, 0) is 6.42 Å². The van der Waals surface area contributed by atoms with E-state index in [9.17, 15) is 8.78 Å². The summed E-state index contributed by atoms with van der Waals surface area (Å²) in [5.74, 6) is 3.79. The van der Waals surface area contributed by atoms with Gasteiger partial charge in [-0.05, 0) is 53.9 Å². The van der Waals surface area contributed by atoms with Crippen molar-refractivity contribution in [1.29, 1.82) is 0 Å². The first-order valence-corrected chi connectivity index (χ1v) is 9.41. The van der Waals surface area contributed by atoms with Crippen molar-refractivity contribution in [2.75, 3.05) is 0 Å². The smallest absolute Gasteiger partial charge is 0.143 e. The number of aryl methyl sites for hydroxylation is 1. The Balaban J connectivity index is 1.78. The molecule has 0 amide bonds. The predicted octanol–water partition coefficient (Wildman–Crippen LogP) is 6.88. The zero-order chi connectivity index (χ0) is 20.6. The van der Waals surface area contributed by atoms with E-state index < -0.39 is 11.6 Å². The number of nitrogens with zero attached hydrogens (tertiary/aromatic N) is 1. The third-order valence-corrected chi connectivity index (χ3v) is 4.43. The van der Waals surface area contributed by atoms with Crippen LogP contribution in [0.15, 0.2) is 78.3 Å². The van der Waals surface area contributed by atoms with Crippen molar-refractivity contribution >= 4 is 23.1 Å². The topological polar surface area (TPSA) is 12.4 Å². The van der Waals surface area contributed by atoms with Gasteiger partial charge >= 0.3 is 0 Å². The minimum absolute atomic E-state index is 0.0698. The summed E-state index contributed by atoms with van der Waals surface area (Å²) >= 11 is 4.44. The number of thiocarbonyl (C=S) groups is 1. The van der Waals surface area contributed by atoms with Gasteiger partial charge in [0.15, 0.2) is 0 Å². The van der Waals surface area contributed by atoms with E-state index in [2.05, 4.69) is 65.1 Å². The summed E-state index contributed by atoms with van der Waals surface area (Å²) in [5, 5.41) is 2.08. The van der Waals surface area contributed by atoms with Gasteiger partial charge in [0.05, 0.1) is 16.4 Å². The van der Waals surface area contributed by atoms with E-state index >= 15 is 0 Å². The SMILES string of the molecule is C=CCCc1ccc(-c2ccc(C#Cc3c(F)cc(N=C=S)cc3F)cc2)cc1. The first-order chi connectivity index (χ1) is 14.1. The molecular formula is C25H17F2NS. The summed E-state index contributed by atoms with van der Waals surface area (Å²) in [5.41, 5.74) is 3.84. The monoisotopic (exact) mass is 401 g/mol. The Labute approximate surface area is 174 Å². The molecule has 0 N–H and O–H groups in total. The Morgan fingerprint density at radius 3 is 2.03 bits per heavy atom. The lowest BCUT2D eigenvalue weighted by molar-refractivity contribution is 0.578. The molecule has 0 saturated heterocycles. The van der Waals surface area contributed by atoms with Gasteiger partial charge in [0.25, 0.3) is 0 Å². The number of allylic oxidation sites excluding steroid dienone is 1. The first-order valence-electron chi connectivity index (χ1n) is 9.00. The maximum absolute atomic E-state index is 14.1. The third kappa shape index (κ3) is 5.33. The second-order valence-corrected chi connectivity index (χ2v) is 6.52. The average Bonchev–Trinajstić information content (AvgIpc) is 2.73. The Morgan fingerprint density at radius 1 is 0.897 bits per heavy atom. The van der Waals surface area contributed by atoms with E-state index in [-0.39, 0.29) is 11.3 Å². The molecule has 3 aromatic rings. The molecule has 0 atom stereocenters. The van der Waals surface area contributed by atoms with Crippen LogP contribution >= 0.6 is 12.2 Å². The quantitative estimate of drug-likeness (QED) is 0.196. The Kier molecular flexibility index (Phi) is 6.81. The second kappa shape index (κ2) is 9.71. The zero-order valence-corrected chi connectivity index (χ0v) is 16.4. The van der Waals surface area contributed by atoms with Crippen molar-refractivity contribution < 1.29 is 8.78 Å². The molecular weight excluding hydrogens is 384 g/mol. The molecule has 0 aromatic heterocycles. The van der Waals surface area contributed by atoms with Crippen LogP contribution in [-0.4, -0.2) is 5.16 Å². The van der Waals surface area contributed by atoms with Crippen molar-refractivity contribution in [2.24, 2.45) is 4.99 Å². The number of hydrogen-bond donors (Lipinski definition) is 0. The highest BCUT2D eigenvalue weighted by Gasteiger charge is 2.08. The molecule has 3 rings (SSSR count). The predicted molar refractivity (Wildman–Crippen MR) is 117 cm³/mol. The zero-order valence-electron chi connectivity index (χ0n) is 15.6. The highest BCUT2D eigenvalue weighted by atomic mass is 32.1. The van der Waals surface area contributed by atoms with E-state index in [1.165, 1.54) is 5.56 Å². The summed E-state index contributed by atoms with van der Waals surface area (Å²) < 4.78 is 28.1. The van der Waals surface area contributed by atoms with Crippen LogP contribution < -0.4 is 0 Å². The summed E-state index contributed by atoms with van der Waals surface area (Å²) in [7, 11) is 0. The molecule has 0 radical (unpaired) electrons. The summed E-state index contributed by atoms with van der Waals surface area (Å²) in [4.78, 5) is 3.58. The van der Waals surface area contributed by atoms with Gasteiger partial charge < -0.3 is 0 Å². The Morgan fingerprint density at radius 2 is 1.48 bits per heavy atom. The highest BCUT2D eigenvalue weighted by molar-refractivity contribution is 7.78. The number of benzene rings is 3. The Bertz CT molecular complexity index is 1110. The van der Waals surface area contributed by atoms with Gasteiger partial charge in [-0.3, -0.25) is 0 Å². The number of isothiocyanates is 1. The van der Waals surface area contributed by atoms with Crippen molar-refractivity contribution in [3.05, 3.63) is 102 Å². The summed E-state index contributed by atoms with van der Waals surface area (Å²) in [6, 6.07) is 18.1. The molecule has 1 nitrogen and oxygen atoms in total. The van der Waals surface area contributed by atoms with Crippen LogP contribution in [0.2, 0.25) is 0 Å². The van der Waals surface area contributed by atoms with Crippen LogP contribution in [0, 0.1) is 23.5 Å². The molecule has 0 aliphatic carbocycles. The molecule has 0 bridgehead atoms. The fourth-order valence-corrected chi connectivity index (χ4v) is 2.92. The lowest BCUT2D eigenvalue weighted by Gasteiger charge is -2.04. The maximum Gasteiger partial charge on any atom is 0.143 e. The van der Waals surface area contributed by atoms with E-state index in [0.29, 0.717) is 5.56 Å². The van der Waals surface area contributed by atoms with E-state index in [1.807, 2.05) is 30.3 Å². The van der Waals surface area contributed by atoms with Gasteiger partial charge in [-0.1, -0.05) is 54.3 Å². The van der Waals surface area contributed by atoms with Gasteiger partial charge in [0.2, 0.25) is 0 Å². The van der Waals surface area contributed by atoms with Crippen molar-refractivity contribution in [2.45, 2.75) is 12.8 Å². The van der Waals surface area contributed by atoms with Crippen LogP contribution in [0.3, 0.4) is 0 Å². The minimum Gasteiger partial charge on any atom is -0.205 e. The molecule has 0 saturated carbocycles. The van der Waals surface area contributed by atoms with Crippen LogP contribution in [0.5, 0.6) is 0 Å². The first kappa shape index (κ1) is 20.4. The lowest BCUT2D eigenvalue weighted by atomic mass is 10.0. The molecule has 142 valence electrons. The maximum atomic E-state index is 14.1. The van der Waals surface area contributed by atoms with Gasteiger partial charge in [-0.15, -0.1) is 6.58 Å². The summed E-state index contributed by atoms with van der Waals surface area (Å²) in [6.45, 7) is 3.74. The van der Waals surface area contributed by atoms with Crippen LogP contribution in [0.25, 0.3) is 11.1 Å². The largest absolute Gasteiger partial charge is 0.205 e. The average molecular weight is 401 g/mol.